The molecule has 0 aliphatic heterocycles. The molecule has 1 N–H and O–H groups in total. The summed E-state index contributed by atoms with van der Waals surface area (Å²) in [7, 11) is 0. The number of halogens is 2. The van der Waals surface area contributed by atoms with Gasteiger partial charge in [0.25, 0.3) is 5.91 Å². The minimum Gasteiger partial charge on any atom is -0.447 e. The molecule has 0 radical (unpaired) electrons. The maximum absolute atomic E-state index is 12.1. The number of hydrogen-bond donors (Lipinski definition) is 1. The second-order valence-electron chi connectivity index (χ2n) is 4.88. The van der Waals surface area contributed by atoms with Gasteiger partial charge in [0.15, 0.2) is 5.09 Å². The molecule has 4 nitrogen and oxygen atoms in total. The van der Waals surface area contributed by atoms with E-state index in [9.17, 15) is 4.79 Å². The lowest BCUT2D eigenvalue weighted by atomic mass is 10.2. The zero-order valence-electron chi connectivity index (χ0n) is 12.8. The average Bonchev–Trinajstić information content (AvgIpc) is 2.95. The van der Waals surface area contributed by atoms with Crippen molar-refractivity contribution in [3.05, 3.63) is 80.9 Å². The lowest BCUT2D eigenvalue weighted by Crippen LogP contribution is -2.17. The fourth-order valence-electron chi connectivity index (χ4n) is 1.96. The van der Waals surface area contributed by atoms with Crippen molar-refractivity contribution >= 4 is 55.7 Å². The van der Waals surface area contributed by atoms with E-state index in [0.29, 0.717) is 15.8 Å². The number of carbonyl (C=O) groups is 1. The number of rotatable bonds is 5. The summed E-state index contributed by atoms with van der Waals surface area (Å²) in [6.45, 7) is 0. The summed E-state index contributed by atoms with van der Waals surface area (Å²) in [6.07, 6.45) is 1.47. The van der Waals surface area contributed by atoms with Crippen molar-refractivity contribution in [2.45, 2.75) is 9.99 Å². The van der Waals surface area contributed by atoms with E-state index < -0.39 is 0 Å². The molecule has 2 aromatic carbocycles. The number of benzene rings is 2. The minimum atomic E-state index is -0.298. The molecular formula is C18H12Br2N2O2S. The topological polar surface area (TPSA) is 54.6 Å². The molecule has 0 atom stereocenters. The number of nitrogens with zero attached hydrogens (tertiary/aromatic N) is 1. The van der Waals surface area contributed by atoms with Gasteiger partial charge in [0.1, 0.15) is 5.76 Å². The monoisotopic (exact) mass is 478 g/mol. The lowest BCUT2D eigenvalue weighted by molar-refractivity contribution is 0.0954. The van der Waals surface area contributed by atoms with Crippen molar-refractivity contribution in [2.24, 2.45) is 5.10 Å². The van der Waals surface area contributed by atoms with E-state index in [1.807, 2.05) is 36.4 Å². The number of nitrogens with one attached hydrogen (secondary N) is 1. The predicted molar refractivity (Wildman–Crippen MR) is 106 cm³/mol. The standard InChI is InChI=1S/C18H12Br2N2O2S/c19-15-9-5-4-8-14(15)17(23)22-21-11-12-10-16(20)18(24-12)25-13-6-2-1-3-7-13/h1-11H,(H,22,23)/b21-11-. The van der Waals surface area contributed by atoms with Crippen LogP contribution in [-0.4, -0.2) is 12.1 Å². The fraction of sp³-hybridized carbons (Fsp3) is 0. The van der Waals surface area contributed by atoms with Crippen LogP contribution in [0.1, 0.15) is 16.1 Å². The van der Waals surface area contributed by atoms with Gasteiger partial charge >= 0.3 is 0 Å². The highest BCUT2D eigenvalue weighted by Crippen LogP contribution is 2.35. The van der Waals surface area contributed by atoms with Crippen LogP contribution in [0.25, 0.3) is 0 Å². The summed E-state index contributed by atoms with van der Waals surface area (Å²) >= 11 is 8.31. The second kappa shape index (κ2) is 8.51. The Balaban J connectivity index is 1.65. The first-order valence-corrected chi connectivity index (χ1v) is 9.64. The van der Waals surface area contributed by atoms with Gasteiger partial charge in [0, 0.05) is 15.4 Å². The smallest absolute Gasteiger partial charge is 0.272 e. The lowest BCUT2D eigenvalue weighted by Gasteiger charge is -2.01. The maximum Gasteiger partial charge on any atom is 0.272 e. The Bertz CT molecular complexity index is 910. The first kappa shape index (κ1) is 18.0. The molecule has 3 aromatic rings. The van der Waals surface area contributed by atoms with Gasteiger partial charge in [-0.05, 0) is 56.1 Å². The van der Waals surface area contributed by atoms with Crippen molar-refractivity contribution < 1.29 is 9.21 Å². The van der Waals surface area contributed by atoms with E-state index in [4.69, 9.17) is 4.42 Å². The van der Waals surface area contributed by atoms with Crippen LogP contribution in [0.5, 0.6) is 0 Å². The van der Waals surface area contributed by atoms with Crippen molar-refractivity contribution in [2.75, 3.05) is 0 Å². The van der Waals surface area contributed by atoms with Crippen LogP contribution < -0.4 is 5.43 Å². The van der Waals surface area contributed by atoms with Gasteiger partial charge in [-0.3, -0.25) is 4.79 Å². The summed E-state index contributed by atoms with van der Waals surface area (Å²) in [4.78, 5) is 13.1. The Hall–Kier alpha value is -1.83. The Labute approximate surface area is 166 Å². The number of hydrazone groups is 1. The summed E-state index contributed by atoms with van der Waals surface area (Å²) in [6, 6.07) is 18.9. The molecule has 0 unspecified atom stereocenters. The van der Waals surface area contributed by atoms with Gasteiger partial charge in [-0.15, -0.1) is 0 Å². The third-order valence-corrected chi connectivity index (χ3v) is 5.64. The summed E-state index contributed by atoms with van der Waals surface area (Å²) in [5, 5.41) is 4.68. The Morgan fingerprint density at radius 3 is 2.52 bits per heavy atom. The molecule has 0 aliphatic carbocycles. The first-order chi connectivity index (χ1) is 12.1. The zero-order valence-corrected chi connectivity index (χ0v) is 16.8. The van der Waals surface area contributed by atoms with Crippen LogP contribution >= 0.6 is 43.6 Å². The third-order valence-electron chi connectivity index (χ3n) is 3.10. The molecule has 0 saturated carbocycles. The van der Waals surface area contributed by atoms with Crippen LogP contribution in [0.3, 0.4) is 0 Å². The highest BCUT2D eigenvalue weighted by molar-refractivity contribution is 9.10. The van der Waals surface area contributed by atoms with Crippen molar-refractivity contribution in [1.82, 2.24) is 5.43 Å². The summed E-state index contributed by atoms with van der Waals surface area (Å²) < 4.78 is 7.28. The minimum absolute atomic E-state index is 0.298. The first-order valence-electron chi connectivity index (χ1n) is 7.23. The molecule has 25 heavy (non-hydrogen) atoms. The molecule has 126 valence electrons. The molecule has 0 spiro atoms. The Morgan fingerprint density at radius 2 is 1.76 bits per heavy atom. The molecular weight excluding hydrogens is 468 g/mol. The third kappa shape index (κ3) is 4.84. The SMILES string of the molecule is O=C(N/N=C\c1cc(Br)c(Sc2ccccc2)o1)c1ccccc1Br. The van der Waals surface area contributed by atoms with E-state index in [0.717, 1.165) is 14.5 Å². The van der Waals surface area contributed by atoms with E-state index >= 15 is 0 Å². The highest BCUT2D eigenvalue weighted by Gasteiger charge is 2.10. The van der Waals surface area contributed by atoms with E-state index in [1.54, 1.807) is 24.3 Å². The van der Waals surface area contributed by atoms with Gasteiger partial charge in [-0.1, -0.05) is 42.1 Å². The van der Waals surface area contributed by atoms with Crippen LogP contribution in [0.2, 0.25) is 0 Å². The molecule has 1 amide bonds. The number of carbonyl (C=O) groups excluding carboxylic acids is 1. The van der Waals surface area contributed by atoms with E-state index in [1.165, 1.54) is 18.0 Å². The van der Waals surface area contributed by atoms with Crippen LogP contribution in [-0.2, 0) is 0 Å². The van der Waals surface area contributed by atoms with E-state index in [-0.39, 0.29) is 5.91 Å². The van der Waals surface area contributed by atoms with Crippen molar-refractivity contribution in [3.8, 4) is 0 Å². The van der Waals surface area contributed by atoms with E-state index in [2.05, 4.69) is 42.4 Å². The fourth-order valence-corrected chi connectivity index (χ4v) is 3.77. The van der Waals surface area contributed by atoms with Gasteiger partial charge in [-0.2, -0.15) is 5.10 Å². The van der Waals surface area contributed by atoms with Crippen molar-refractivity contribution in [3.63, 3.8) is 0 Å². The van der Waals surface area contributed by atoms with Gasteiger partial charge < -0.3 is 4.42 Å². The molecule has 1 heterocycles. The summed E-state index contributed by atoms with van der Waals surface area (Å²) in [5.74, 6) is 0.242. The molecule has 1 aromatic heterocycles. The second-order valence-corrected chi connectivity index (χ2v) is 7.63. The Kier molecular flexibility index (Phi) is 6.12. The highest BCUT2D eigenvalue weighted by atomic mass is 79.9. The van der Waals surface area contributed by atoms with Gasteiger partial charge in [0.2, 0.25) is 0 Å². The number of furan rings is 1. The normalized spacial score (nSPS) is 11.0. The van der Waals surface area contributed by atoms with Crippen LogP contribution in [0, 0.1) is 0 Å². The van der Waals surface area contributed by atoms with Gasteiger partial charge in [-0.25, -0.2) is 5.43 Å². The molecule has 0 fully saturated rings. The molecule has 0 aliphatic rings. The molecule has 0 bridgehead atoms. The average molecular weight is 480 g/mol. The molecule has 0 saturated heterocycles. The molecule has 7 heteroatoms. The van der Waals surface area contributed by atoms with Crippen LogP contribution in [0.4, 0.5) is 0 Å². The number of amides is 1. The summed E-state index contributed by atoms with van der Waals surface area (Å²) in [5.41, 5.74) is 3.00. The number of hydrogen-bond acceptors (Lipinski definition) is 4. The van der Waals surface area contributed by atoms with Crippen LogP contribution in [0.15, 0.2) is 89.1 Å². The Morgan fingerprint density at radius 1 is 1.04 bits per heavy atom. The molecule has 3 rings (SSSR count). The zero-order chi connectivity index (χ0) is 17.6. The quantitative estimate of drug-likeness (QED) is 0.376. The predicted octanol–water partition coefficient (Wildman–Crippen LogP) is 5.72. The van der Waals surface area contributed by atoms with Crippen molar-refractivity contribution in [1.29, 1.82) is 0 Å². The maximum atomic E-state index is 12.1. The van der Waals surface area contributed by atoms with Gasteiger partial charge in [0.05, 0.1) is 16.3 Å². The largest absolute Gasteiger partial charge is 0.447 e.